The van der Waals surface area contributed by atoms with Gasteiger partial charge in [-0.15, -0.1) is 0 Å². The number of aryl methyl sites for hydroxylation is 1. The quantitative estimate of drug-likeness (QED) is 0.431. The highest BCUT2D eigenvalue weighted by Crippen LogP contribution is 2.20. The summed E-state index contributed by atoms with van der Waals surface area (Å²) in [5.74, 6) is 0.244. The van der Waals surface area contributed by atoms with Gasteiger partial charge in [0.15, 0.2) is 9.84 Å². The molecule has 0 heterocycles. The number of amides is 1. The van der Waals surface area contributed by atoms with Crippen molar-refractivity contribution in [2.24, 2.45) is 5.10 Å². The summed E-state index contributed by atoms with van der Waals surface area (Å²) in [4.78, 5) is 12.3. The molecule has 0 aliphatic heterocycles. The van der Waals surface area contributed by atoms with E-state index in [1.165, 1.54) is 6.21 Å². The molecule has 0 spiro atoms. The van der Waals surface area contributed by atoms with Crippen LogP contribution in [0.15, 0.2) is 82.8 Å². The van der Waals surface area contributed by atoms with Gasteiger partial charge < -0.3 is 4.74 Å². The van der Waals surface area contributed by atoms with Crippen LogP contribution < -0.4 is 10.2 Å². The molecule has 0 atom stereocenters. The molecule has 0 saturated heterocycles. The van der Waals surface area contributed by atoms with Gasteiger partial charge in [-0.2, -0.15) is 5.10 Å². The van der Waals surface area contributed by atoms with E-state index in [-0.39, 0.29) is 23.0 Å². The number of sulfone groups is 1. The lowest BCUT2D eigenvalue weighted by atomic mass is 10.1. The van der Waals surface area contributed by atoms with E-state index in [4.69, 9.17) is 4.74 Å². The van der Waals surface area contributed by atoms with Crippen LogP contribution in [0.2, 0.25) is 0 Å². The molecule has 7 heteroatoms. The number of hydrazone groups is 1. The molecule has 3 aromatic rings. The first-order valence-electron chi connectivity index (χ1n) is 9.69. The normalized spacial score (nSPS) is 11.4. The van der Waals surface area contributed by atoms with Crippen molar-refractivity contribution in [1.82, 2.24) is 5.43 Å². The van der Waals surface area contributed by atoms with Crippen molar-refractivity contribution >= 4 is 22.0 Å². The van der Waals surface area contributed by atoms with Crippen LogP contribution in [0.25, 0.3) is 0 Å². The molecule has 0 unspecified atom stereocenters. The summed E-state index contributed by atoms with van der Waals surface area (Å²) in [5, 5.41) is 3.96. The SMILES string of the molecule is COc1cccc(CC(=O)N/N=C/c2ccccc2S(=O)(=O)Cc2cccc(C)c2)c1. The fourth-order valence-electron chi connectivity index (χ4n) is 3.15. The molecule has 160 valence electrons. The molecule has 31 heavy (non-hydrogen) atoms. The van der Waals surface area contributed by atoms with Crippen LogP contribution in [0.3, 0.4) is 0 Å². The fraction of sp³-hybridized carbons (Fsp3) is 0.167. The van der Waals surface area contributed by atoms with E-state index in [9.17, 15) is 13.2 Å². The van der Waals surface area contributed by atoms with Gasteiger partial charge in [-0.3, -0.25) is 4.79 Å². The van der Waals surface area contributed by atoms with Crippen molar-refractivity contribution in [2.75, 3.05) is 7.11 Å². The predicted octanol–water partition coefficient (Wildman–Crippen LogP) is 3.67. The Kier molecular flexibility index (Phi) is 7.20. The molecule has 1 amide bonds. The van der Waals surface area contributed by atoms with Gasteiger partial charge in [-0.25, -0.2) is 13.8 Å². The molecule has 6 nitrogen and oxygen atoms in total. The van der Waals surface area contributed by atoms with Crippen LogP contribution in [-0.4, -0.2) is 27.6 Å². The Morgan fingerprint density at radius 2 is 1.74 bits per heavy atom. The number of nitrogens with zero attached hydrogens (tertiary/aromatic N) is 1. The average molecular weight is 437 g/mol. The summed E-state index contributed by atoms with van der Waals surface area (Å²) in [6.45, 7) is 1.92. The molecule has 0 aliphatic rings. The molecule has 3 rings (SSSR count). The number of methoxy groups -OCH3 is 1. The van der Waals surface area contributed by atoms with Gasteiger partial charge in [0.25, 0.3) is 0 Å². The van der Waals surface area contributed by atoms with Crippen LogP contribution in [0, 0.1) is 6.92 Å². The second-order valence-corrected chi connectivity index (χ2v) is 9.07. The Morgan fingerprint density at radius 1 is 1.00 bits per heavy atom. The lowest BCUT2D eigenvalue weighted by Crippen LogP contribution is -2.20. The summed E-state index contributed by atoms with van der Waals surface area (Å²) in [5.41, 5.74) is 5.37. The molecule has 3 aromatic carbocycles. The number of carbonyl (C=O) groups is 1. The monoisotopic (exact) mass is 436 g/mol. The molecular formula is C24H24N2O4S. The fourth-order valence-corrected chi connectivity index (χ4v) is 4.69. The highest BCUT2D eigenvalue weighted by molar-refractivity contribution is 7.90. The van der Waals surface area contributed by atoms with Crippen LogP contribution in [0.4, 0.5) is 0 Å². The summed E-state index contributed by atoms with van der Waals surface area (Å²) < 4.78 is 31.1. The van der Waals surface area contributed by atoms with Crippen molar-refractivity contribution in [1.29, 1.82) is 0 Å². The molecular weight excluding hydrogens is 412 g/mol. The Hall–Kier alpha value is -3.45. The van der Waals surface area contributed by atoms with Crippen molar-refractivity contribution in [3.05, 3.63) is 95.1 Å². The van der Waals surface area contributed by atoms with E-state index < -0.39 is 9.84 Å². The highest BCUT2D eigenvalue weighted by Gasteiger charge is 2.18. The zero-order valence-corrected chi connectivity index (χ0v) is 18.2. The standard InChI is InChI=1S/C24H24N2O4S/c1-18-7-5-9-20(13-18)17-31(28,29)23-12-4-3-10-21(23)16-25-26-24(27)15-19-8-6-11-22(14-19)30-2/h3-14,16H,15,17H2,1-2H3,(H,26,27)/b25-16+. The second-order valence-electron chi connectivity index (χ2n) is 7.11. The van der Waals surface area contributed by atoms with E-state index in [0.29, 0.717) is 11.3 Å². The predicted molar refractivity (Wildman–Crippen MR) is 121 cm³/mol. The second kappa shape index (κ2) is 10.0. The molecule has 0 aromatic heterocycles. The Bertz CT molecular complexity index is 1200. The lowest BCUT2D eigenvalue weighted by molar-refractivity contribution is -0.120. The zero-order valence-electron chi connectivity index (χ0n) is 17.4. The van der Waals surface area contributed by atoms with Crippen molar-refractivity contribution in [2.45, 2.75) is 24.0 Å². The summed E-state index contributed by atoms with van der Waals surface area (Å²) >= 11 is 0. The van der Waals surface area contributed by atoms with Crippen molar-refractivity contribution < 1.29 is 17.9 Å². The van der Waals surface area contributed by atoms with Crippen LogP contribution in [0.1, 0.15) is 22.3 Å². The van der Waals surface area contributed by atoms with E-state index >= 15 is 0 Å². The number of nitrogens with one attached hydrogen (secondary N) is 1. The van der Waals surface area contributed by atoms with E-state index in [2.05, 4.69) is 10.5 Å². The van der Waals surface area contributed by atoms with E-state index in [0.717, 1.165) is 16.7 Å². The first-order valence-corrected chi connectivity index (χ1v) is 11.3. The zero-order chi connectivity index (χ0) is 22.3. The largest absolute Gasteiger partial charge is 0.497 e. The van der Waals surface area contributed by atoms with E-state index in [1.807, 2.05) is 31.2 Å². The minimum Gasteiger partial charge on any atom is -0.497 e. The van der Waals surface area contributed by atoms with E-state index in [1.54, 1.807) is 55.6 Å². The minimum absolute atomic E-state index is 0.109. The van der Waals surface area contributed by atoms with Gasteiger partial charge in [0.1, 0.15) is 5.75 Å². The van der Waals surface area contributed by atoms with Crippen molar-refractivity contribution in [3.63, 3.8) is 0 Å². The Balaban J connectivity index is 1.71. The van der Waals surface area contributed by atoms with Gasteiger partial charge in [0, 0.05) is 5.56 Å². The molecule has 0 saturated carbocycles. The topological polar surface area (TPSA) is 84.8 Å². The number of hydrogen-bond donors (Lipinski definition) is 1. The number of carbonyl (C=O) groups excluding carboxylic acids is 1. The number of ether oxygens (including phenoxy) is 1. The lowest BCUT2D eigenvalue weighted by Gasteiger charge is -2.08. The van der Waals surface area contributed by atoms with Gasteiger partial charge in [-0.05, 0) is 36.2 Å². The molecule has 0 aliphatic carbocycles. The summed E-state index contributed by atoms with van der Waals surface area (Å²) in [6, 6.07) is 21.2. The van der Waals surface area contributed by atoms with Crippen LogP contribution in [-0.2, 0) is 26.8 Å². The smallest absolute Gasteiger partial charge is 0.244 e. The maximum Gasteiger partial charge on any atom is 0.244 e. The van der Waals surface area contributed by atoms with Crippen LogP contribution >= 0.6 is 0 Å². The third-order valence-electron chi connectivity index (χ3n) is 4.58. The molecule has 0 fully saturated rings. The third kappa shape index (κ3) is 6.26. The molecule has 0 radical (unpaired) electrons. The first kappa shape index (κ1) is 22.2. The highest BCUT2D eigenvalue weighted by atomic mass is 32.2. The summed E-state index contributed by atoms with van der Waals surface area (Å²) in [6.07, 6.45) is 1.48. The average Bonchev–Trinajstić information content (AvgIpc) is 2.74. The van der Waals surface area contributed by atoms with Gasteiger partial charge in [0.05, 0.1) is 30.4 Å². The first-order chi connectivity index (χ1) is 14.9. The number of benzene rings is 3. The maximum atomic E-state index is 13.0. The van der Waals surface area contributed by atoms with Gasteiger partial charge in [0.2, 0.25) is 5.91 Å². The minimum atomic E-state index is -3.59. The maximum absolute atomic E-state index is 13.0. The third-order valence-corrected chi connectivity index (χ3v) is 6.34. The molecule has 0 bridgehead atoms. The Morgan fingerprint density at radius 3 is 2.52 bits per heavy atom. The number of rotatable bonds is 8. The van der Waals surface area contributed by atoms with Crippen LogP contribution in [0.5, 0.6) is 5.75 Å². The Labute approximate surface area is 182 Å². The number of hydrogen-bond acceptors (Lipinski definition) is 5. The van der Waals surface area contributed by atoms with Gasteiger partial charge in [-0.1, -0.05) is 60.2 Å². The van der Waals surface area contributed by atoms with Gasteiger partial charge >= 0.3 is 0 Å². The molecule has 1 N–H and O–H groups in total. The summed E-state index contributed by atoms with van der Waals surface area (Å²) in [7, 11) is -2.02. The van der Waals surface area contributed by atoms with Crippen molar-refractivity contribution in [3.8, 4) is 5.75 Å².